The number of hydroxylamine groups is 1. The highest BCUT2D eigenvalue weighted by molar-refractivity contribution is 6.30. The minimum absolute atomic E-state index is 0.116. The summed E-state index contributed by atoms with van der Waals surface area (Å²) in [5.41, 5.74) is 2.23. The van der Waals surface area contributed by atoms with Crippen LogP contribution in [0.25, 0.3) is 0 Å². The van der Waals surface area contributed by atoms with Gasteiger partial charge in [0.2, 0.25) is 0 Å². The zero-order valence-electron chi connectivity index (χ0n) is 9.44. The SMILES string of the molecule is COCCONC(=O)COc1ccc(Cl)cc1. The molecule has 1 aromatic rings. The third-order valence-corrected chi connectivity index (χ3v) is 2.01. The molecule has 0 saturated carbocycles. The number of benzene rings is 1. The van der Waals surface area contributed by atoms with Crippen LogP contribution in [0.2, 0.25) is 5.02 Å². The summed E-state index contributed by atoms with van der Waals surface area (Å²) in [5, 5.41) is 0.615. The highest BCUT2D eigenvalue weighted by Crippen LogP contribution is 2.15. The lowest BCUT2D eigenvalue weighted by Gasteiger charge is -2.07. The Morgan fingerprint density at radius 3 is 2.65 bits per heavy atom. The number of amides is 1. The molecule has 0 aliphatic carbocycles. The smallest absolute Gasteiger partial charge is 0.281 e. The molecule has 6 heteroatoms. The van der Waals surface area contributed by atoms with Gasteiger partial charge in [-0.2, -0.15) is 0 Å². The van der Waals surface area contributed by atoms with Crippen molar-refractivity contribution in [1.29, 1.82) is 0 Å². The van der Waals surface area contributed by atoms with Crippen molar-refractivity contribution in [2.24, 2.45) is 0 Å². The predicted octanol–water partition coefficient (Wildman–Crippen LogP) is 1.41. The minimum atomic E-state index is -0.365. The second-order valence-corrected chi connectivity index (χ2v) is 3.55. The number of halogens is 1. The van der Waals surface area contributed by atoms with E-state index in [-0.39, 0.29) is 12.5 Å². The maximum atomic E-state index is 11.2. The summed E-state index contributed by atoms with van der Waals surface area (Å²) < 4.78 is 9.94. The van der Waals surface area contributed by atoms with Crippen molar-refractivity contribution in [3.63, 3.8) is 0 Å². The van der Waals surface area contributed by atoms with Crippen molar-refractivity contribution in [3.8, 4) is 5.75 Å². The van der Waals surface area contributed by atoms with Gasteiger partial charge < -0.3 is 9.47 Å². The zero-order chi connectivity index (χ0) is 12.5. The Morgan fingerprint density at radius 1 is 1.29 bits per heavy atom. The van der Waals surface area contributed by atoms with E-state index in [1.54, 1.807) is 31.4 Å². The first-order valence-electron chi connectivity index (χ1n) is 5.00. The fourth-order valence-corrected chi connectivity index (χ4v) is 1.09. The summed E-state index contributed by atoms with van der Waals surface area (Å²) in [4.78, 5) is 16.0. The minimum Gasteiger partial charge on any atom is -0.484 e. The quantitative estimate of drug-likeness (QED) is 0.594. The normalized spacial score (nSPS) is 10.0. The van der Waals surface area contributed by atoms with Crippen LogP contribution in [0.5, 0.6) is 5.75 Å². The Kier molecular flexibility index (Phi) is 6.39. The van der Waals surface area contributed by atoms with Gasteiger partial charge in [-0.1, -0.05) is 11.6 Å². The number of hydrogen-bond donors (Lipinski definition) is 1. The Bertz CT molecular complexity index is 342. The van der Waals surface area contributed by atoms with Gasteiger partial charge in [0.1, 0.15) is 5.75 Å². The summed E-state index contributed by atoms with van der Waals surface area (Å²) >= 11 is 5.71. The molecule has 1 rings (SSSR count). The van der Waals surface area contributed by atoms with Crippen LogP contribution < -0.4 is 10.2 Å². The van der Waals surface area contributed by atoms with Crippen molar-refractivity contribution < 1.29 is 19.1 Å². The molecule has 0 atom stereocenters. The van der Waals surface area contributed by atoms with E-state index in [9.17, 15) is 4.79 Å². The van der Waals surface area contributed by atoms with Crippen LogP contribution in [-0.4, -0.2) is 32.8 Å². The fourth-order valence-electron chi connectivity index (χ4n) is 0.966. The molecule has 0 fully saturated rings. The maximum Gasteiger partial charge on any atom is 0.281 e. The van der Waals surface area contributed by atoms with E-state index in [2.05, 4.69) is 5.48 Å². The molecule has 0 bridgehead atoms. The number of rotatable bonds is 7. The average molecular weight is 260 g/mol. The van der Waals surface area contributed by atoms with Crippen LogP contribution in [0.3, 0.4) is 0 Å². The summed E-state index contributed by atoms with van der Waals surface area (Å²) in [6, 6.07) is 6.73. The van der Waals surface area contributed by atoms with E-state index in [1.807, 2.05) is 0 Å². The molecule has 94 valence electrons. The predicted molar refractivity (Wildman–Crippen MR) is 62.9 cm³/mol. The van der Waals surface area contributed by atoms with Gasteiger partial charge in [-0.3, -0.25) is 9.63 Å². The van der Waals surface area contributed by atoms with Crippen LogP contribution >= 0.6 is 11.6 Å². The van der Waals surface area contributed by atoms with E-state index in [0.717, 1.165) is 0 Å². The van der Waals surface area contributed by atoms with Gasteiger partial charge in [-0.25, -0.2) is 5.48 Å². The van der Waals surface area contributed by atoms with Gasteiger partial charge >= 0.3 is 0 Å². The molecule has 0 saturated heterocycles. The lowest BCUT2D eigenvalue weighted by molar-refractivity contribution is -0.136. The first-order chi connectivity index (χ1) is 8.22. The topological polar surface area (TPSA) is 56.8 Å². The van der Waals surface area contributed by atoms with E-state index in [4.69, 9.17) is 25.9 Å². The molecule has 1 N–H and O–H groups in total. The molecule has 1 aromatic carbocycles. The summed E-state index contributed by atoms with van der Waals surface area (Å²) in [7, 11) is 1.55. The Labute approximate surface area is 105 Å². The van der Waals surface area contributed by atoms with Crippen LogP contribution in [-0.2, 0) is 14.4 Å². The highest BCUT2D eigenvalue weighted by Gasteiger charge is 2.02. The highest BCUT2D eigenvalue weighted by atomic mass is 35.5. The fraction of sp³-hybridized carbons (Fsp3) is 0.364. The van der Waals surface area contributed by atoms with Gasteiger partial charge in [-0.15, -0.1) is 0 Å². The second kappa shape index (κ2) is 7.89. The molecule has 0 unspecified atom stereocenters. The molecule has 0 aliphatic rings. The first-order valence-corrected chi connectivity index (χ1v) is 5.38. The van der Waals surface area contributed by atoms with E-state index < -0.39 is 0 Å². The van der Waals surface area contributed by atoms with Crippen molar-refractivity contribution in [3.05, 3.63) is 29.3 Å². The van der Waals surface area contributed by atoms with Gasteiger partial charge in [0.25, 0.3) is 5.91 Å². The standard InChI is InChI=1S/C11H14ClNO4/c1-15-6-7-17-13-11(14)8-16-10-4-2-9(12)3-5-10/h2-5H,6-8H2,1H3,(H,13,14). The van der Waals surface area contributed by atoms with E-state index in [1.165, 1.54) is 0 Å². The number of hydrogen-bond acceptors (Lipinski definition) is 4. The third kappa shape index (κ3) is 6.11. The van der Waals surface area contributed by atoms with E-state index in [0.29, 0.717) is 24.0 Å². The molecule has 17 heavy (non-hydrogen) atoms. The van der Waals surface area contributed by atoms with Crippen LogP contribution in [0.1, 0.15) is 0 Å². The molecule has 1 amide bonds. The van der Waals surface area contributed by atoms with Crippen molar-refractivity contribution in [2.45, 2.75) is 0 Å². The number of nitrogens with one attached hydrogen (secondary N) is 1. The molecule has 0 heterocycles. The van der Waals surface area contributed by atoms with Crippen molar-refractivity contribution >= 4 is 17.5 Å². The Hall–Kier alpha value is -1.30. The molecule has 0 aromatic heterocycles. The molecular formula is C11H14ClNO4. The van der Waals surface area contributed by atoms with Crippen LogP contribution in [0, 0.1) is 0 Å². The number of carbonyl (C=O) groups is 1. The average Bonchev–Trinajstić information content (AvgIpc) is 2.34. The lowest BCUT2D eigenvalue weighted by atomic mass is 10.3. The summed E-state index contributed by atoms with van der Waals surface area (Å²) in [6.07, 6.45) is 0. The third-order valence-electron chi connectivity index (χ3n) is 1.76. The lowest BCUT2D eigenvalue weighted by Crippen LogP contribution is -2.30. The van der Waals surface area contributed by atoms with Gasteiger partial charge in [0.05, 0.1) is 13.2 Å². The summed E-state index contributed by atoms with van der Waals surface area (Å²) in [6.45, 7) is 0.593. The largest absolute Gasteiger partial charge is 0.484 e. The van der Waals surface area contributed by atoms with E-state index >= 15 is 0 Å². The monoisotopic (exact) mass is 259 g/mol. The van der Waals surface area contributed by atoms with Gasteiger partial charge in [0, 0.05) is 12.1 Å². The molecular weight excluding hydrogens is 246 g/mol. The molecule has 0 aliphatic heterocycles. The van der Waals surface area contributed by atoms with Crippen LogP contribution in [0.4, 0.5) is 0 Å². The Balaban J connectivity index is 2.17. The number of methoxy groups -OCH3 is 1. The molecule has 0 radical (unpaired) electrons. The number of carbonyl (C=O) groups excluding carboxylic acids is 1. The van der Waals surface area contributed by atoms with Gasteiger partial charge in [0.15, 0.2) is 6.61 Å². The van der Waals surface area contributed by atoms with Gasteiger partial charge in [-0.05, 0) is 24.3 Å². The maximum absolute atomic E-state index is 11.2. The number of ether oxygens (including phenoxy) is 2. The summed E-state index contributed by atoms with van der Waals surface area (Å²) in [5.74, 6) is 0.206. The first kappa shape index (κ1) is 13.8. The van der Waals surface area contributed by atoms with Crippen LogP contribution in [0.15, 0.2) is 24.3 Å². The van der Waals surface area contributed by atoms with Crippen molar-refractivity contribution in [2.75, 3.05) is 26.9 Å². The Morgan fingerprint density at radius 2 is 2.00 bits per heavy atom. The van der Waals surface area contributed by atoms with Crippen molar-refractivity contribution in [1.82, 2.24) is 5.48 Å². The molecule has 5 nitrogen and oxygen atoms in total. The zero-order valence-corrected chi connectivity index (χ0v) is 10.2. The second-order valence-electron chi connectivity index (χ2n) is 3.11. The molecule has 0 spiro atoms.